The van der Waals surface area contributed by atoms with Gasteiger partial charge in [0.2, 0.25) is 5.91 Å². The van der Waals surface area contributed by atoms with Gasteiger partial charge in [-0.1, -0.05) is 34.3 Å². The normalized spacial score (nSPS) is 14.4. The molecular formula is C19H15ClN4O2S2. The van der Waals surface area contributed by atoms with Crippen LogP contribution in [0.25, 0.3) is 20.4 Å². The number of benzene rings is 2. The Kier molecular flexibility index (Phi) is 4.34. The van der Waals surface area contributed by atoms with Gasteiger partial charge in [-0.05, 0) is 36.4 Å². The lowest BCUT2D eigenvalue weighted by Gasteiger charge is -2.37. The minimum absolute atomic E-state index is 0.0100. The maximum absolute atomic E-state index is 12.5. The highest BCUT2D eigenvalue weighted by molar-refractivity contribution is 7.22. The summed E-state index contributed by atoms with van der Waals surface area (Å²) in [5, 5.41) is 5.13. The Morgan fingerprint density at radius 1 is 1.14 bits per heavy atom. The van der Waals surface area contributed by atoms with Crippen LogP contribution in [0.1, 0.15) is 0 Å². The van der Waals surface area contributed by atoms with Crippen LogP contribution in [0, 0.1) is 5.92 Å². The Morgan fingerprint density at radius 3 is 2.71 bits per heavy atom. The molecule has 2 aromatic heterocycles. The Morgan fingerprint density at radius 2 is 1.89 bits per heavy atom. The molecule has 0 saturated carbocycles. The van der Waals surface area contributed by atoms with Crippen LogP contribution in [-0.4, -0.2) is 36.1 Å². The van der Waals surface area contributed by atoms with E-state index in [1.807, 2.05) is 30.3 Å². The van der Waals surface area contributed by atoms with Crippen LogP contribution in [-0.2, 0) is 4.79 Å². The second-order valence-electron chi connectivity index (χ2n) is 6.55. The van der Waals surface area contributed by atoms with E-state index in [9.17, 15) is 4.79 Å². The lowest BCUT2D eigenvalue weighted by molar-refractivity contribution is -0.120. The molecule has 0 spiro atoms. The van der Waals surface area contributed by atoms with Crippen molar-refractivity contribution in [2.45, 2.75) is 0 Å². The van der Waals surface area contributed by atoms with E-state index in [0.717, 1.165) is 31.3 Å². The third-order valence-corrected chi connectivity index (χ3v) is 6.94. The zero-order valence-corrected chi connectivity index (χ0v) is 17.2. The Hall–Kier alpha value is -2.42. The summed E-state index contributed by atoms with van der Waals surface area (Å²) in [7, 11) is 1.65. The number of aromatic nitrogens is 2. The number of carbonyl (C=O) groups excluding carboxylic acids is 1. The van der Waals surface area contributed by atoms with Crippen molar-refractivity contribution < 1.29 is 9.53 Å². The second-order valence-corrected chi connectivity index (χ2v) is 9.03. The first-order chi connectivity index (χ1) is 13.6. The fraction of sp³-hybridized carbons (Fsp3) is 0.211. The number of nitrogens with zero attached hydrogens (tertiary/aromatic N) is 3. The average Bonchev–Trinajstić information content (AvgIpc) is 3.22. The number of ether oxygens (including phenoxy) is 1. The number of amides is 1. The summed E-state index contributed by atoms with van der Waals surface area (Å²) in [6.45, 7) is 1.30. The van der Waals surface area contributed by atoms with Crippen LogP contribution >= 0.6 is 34.3 Å². The molecule has 6 nitrogen and oxygen atoms in total. The van der Waals surface area contributed by atoms with Crippen molar-refractivity contribution in [3.05, 3.63) is 41.4 Å². The number of rotatable bonds is 4. The van der Waals surface area contributed by atoms with Crippen molar-refractivity contribution in [1.82, 2.24) is 9.97 Å². The predicted octanol–water partition coefficient (Wildman–Crippen LogP) is 4.64. The van der Waals surface area contributed by atoms with Crippen LogP contribution in [0.15, 0.2) is 36.4 Å². The zero-order valence-electron chi connectivity index (χ0n) is 14.8. The van der Waals surface area contributed by atoms with E-state index in [1.165, 1.54) is 11.3 Å². The lowest BCUT2D eigenvalue weighted by Crippen LogP contribution is -2.52. The molecule has 1 aliphatic heterocycles. The molecule has 1 aliphatic rings. The van der Waals surface area contributed by atoms with Crippen molar-refractivity contribution in [3.63, 3.8) is 0 Å². The van der Waals surface area contributed by atoms with E-state index in [-0.39, 0.29) is 11.8 Å². The minimum Gasteiger partial charge on any atom is -0.497 e. The number of methoxy groups -OCH3 is 1. The molecule has 0 unspecified atom stereocenters. The number of thiazole rings is 2. The summed E-state index contributed by atoms with van der Waals surface area (Å²) in [5.74, 6) is 0.738. The molecule has 3 heterocycles. The quantitative estimate of drug-likeness (QED) is 0.510. The molecular weight excluding hydrogens is 416 g/mol. The van der Waals surface area contributed by atoms with Crippen molar-refractivity contribution >= 4 is 70.9 Å². The number of hydrogen-bond donors (Lipinski definition) is 1. The summed E-state index contributed by atoms with van der Waals surface area (Å²) >= 11 is 9.06. The van der Waals surface area contributed by atoms with Gasteiger partial charge in [-0.25, -0.2) is 9.97 Å². The van der Waals surface area contributed by atoms with Gasteiger partial charge in [0, 0.05) is 18.1 Å². The molecule has 1 fully saturated rings. The van der Waals surface area contributed by atoms with Crippen molar-refractivity contribution in [2.24, 2.45) is 5.92 Å². The molecule has 1 saturated heterocycles. The Labute approximate surface area is 173 Å². The van der Waals surface area contributed by atoms with Crippen LogP contribution in [0.5, 0.6) is 5.75 Å². The molecule has 5 rings (SSSR count). The van der Waals surface area contributed by atoms with Gasteiger partial charge in [-0.3, -0.25) is 4.79 Å². The van der Waals surface area contributed by atoms with E-state index in [0.29, 0.717) is 23.2 Å². The third-order valence-electron chi connectivity index (χ3n) is 4.69. The van der Waals surface area contributed by atoms with Gasteiger partial charge >= 0.3 is 0 Å². The van der Waals surface area contributed by atoms with E-state index in [2.05, 4.69) is 20.2 Å². The SMILES string of the molecule is COc1ccc2nc(N3CC(C(=O)Nc4nc5ccc(Cl)cc5s4)C3)sc2c1. The van der Waals surface area contributed by atoms with Crippen LogP contribution in [0.2, 0.25) is 5.02 Å². The van der Waals surface area contributed by atoms with Crippen LogP contribution in [0.4, 0.5) is 10.3 Å². The Bertz CT molecular complexity index is 1200. The first-order valence-corrected chi connectivity index (χ1v) is 10.7. The van der Waals surface area contributed by atoms with Gasteiger partial charge in [0.25, 0.3) is 0 Å². The summed E-state index contributed by atoms with van der Waals surface area (Å²) in [4.78, 5) is 23.8. The summed E-state index contributed by atoms with van der Waals surface area (Å²) in [6, 6.07) is 11.4. The first kappa shape index (κ1) is 17.7. The maximum Gasteiger partial charge on any atom is 0.232 e. The number of fused-ring (bicyclic) bond motifs is 2. The number of anilines is 2. The summed E-state index contributed by atoms with van der Waals surface area (Å²) in [6.07, 6.45) is 0. The second kappa shape index (κ2) is 6.88. The number of halogens is 1. The maximum atomic E-state index is 12.5. The molecule has 1 amide bonds. The Balaban J connectivity index is 1.25. The van der Waals surface area contributed by atoms with Gasteiger partial charge in [0.1, 0.15) is 5.75 Å². The highest BCUT2D eigenvalue weighted by atomic mass is 35.5. The number of carbonyl (C=O) groups is 1. The summed E-state index contributed by atoms with van der Waals surface area (Å²) < 4.78 is 7.31. The zero-order chi connectivity index (χ0) is 19.3. The molecule has 0 bridgehead atoms. The fourth-order valence-corrected chi connectivity index (χ4v) is 5.27. The van der Waals surface area contributed by atoms with E-state index >= 15 is 0 Å². The highest BCUT2D eigenvalue weighted by Gasteiger charge is 2.34. The van der Waals surface area contributed by atoms with E-state index < -0.39 is 0 Å². The minimum atomic E-state index is -0.0721. The van der Waals surface area contributed by atoms with Crippen molar-refractivity contribution in [2.75, 3.05) is 30.4 Å². The lowest BCUT2D eigenvalue weighted by atomic mass is 10.0. The van der Waals surface area contributed by atoms with E-state index in [1.54, 1.807) is 24.5 Å². The molecule has 0 radical (unpaired) electrons. The van der Waals surface area contributed by atoms with Gasteiger partial charge in [-0.2, -0.15) is 0 Å². The highest BCUT2D eigenvalue weighted by Crippen LogP contribution is 2.35. The molecule has 0 atom stereocenters. The third kappa shape index (κ3) is 3.17. The number of hydrogen-bond acceptors (Lipinski definition) is 7. The standard InChI is InChI=1S/C19H15ClN4O2S2/c1-26-12-3-5-14-16(7-12)28-19(22-14)24-8-10(9-24)17(25)23-18-21-13-4-2-11(20)6-15(13)27-18/h2-7,10H,8-9H2,1H3,(H,21,23,25). The predicted molar refractivity (Wildman–Crippen MR) is 115 cm³/mol. The van der Waals surface area contributed by atoms with Crippen molar-refractivity contribution in [1.29, 1.82) is 0 Å². The number of nitrogens with one attached hydrogen (secondary N) is 1. The van der Waals surface area contributed by atoms with Crippen LogP contribution in [0.3, 0.4) is 0 Å². The van der Waals surface area contributed by atoms with Gasteiger partial charge in [-0.15, -0.1) is 0 Å². The largest absolute Gasteiger partial charge is 0.497 e. The molecule has 4 aromatic rings. The smallest absolute Gasteiger partial charge is 0.232 e. The fourth-order valence-electron chi connectivity index (χ4n) is 3.11. The summed E-state index contributed by atoms with van der Waals surface area (Å²) in [5.41, 5.74) is 1.78. The molecule has 0 aliphatic carbocycles. The van der Waals surface area contributed by atoms with E-state index in [4.69, 9.17) is 16.3 Å². The van der Waals surface area contributed by atoms with Gasteiger partial charge < -0.3 is 15.0 Å². The average molecular weight is 431 g/mol. The topological polar surface area (TPSA) is 67.3 Å². The monoisotopic (exact) mass is 430 g/mol. The molecule has 2 aromatic carbocycles. The first-order valence-electron chi connectivity index (χ1n) is 8.65. The molecule has 142 valence electrons. The molecule has 9 heteroatoms. The molecule has 1 N–H and O–H groups in total. The van der Waals surface area contributed by atoms with Crippen LogP contribution < -0.4 is 15.0 Å². The van der Waals surface area contributed by atoms with Crippen molar-refractivity contribution in [3.8, 4) is 5.75 Å². The van der Waals surface area contributed by atoms with Gasteiger partial charge in [0.15, 0.2) is 10.3 Å². The molecule has 28 heavy (non-hydrogen) atoms. The van der Waals surface area contributed by atoms with Gasteiger partial charge in [0.05, 0.1) is 33.5 Å².